The number of nitrogens with one attached hydrogen (secondary N) is 1. The molecule has 1 fully saturated rings. The van der Waals surface area contributed by atoms with Crippen LogP contribution in [0.1, 0.15) is 33.1 Å². The molecule has 104 valence electrons. The molecule has 1 unspecified atom stereocenters. The van der Waals surface area contributed by atoms with Crippen molar-refractivity contribution in [3.05, 3.63) is 0 Å². The number of rotatable bonds is 6. The van der Waals surface area contributed by atoms with Crippen LogP contribution in [0.3, 0.4) is 0 Å². The minimum Gasteiger partial charge on any atom is -0.481 e. The minimum atomic E-state index is -0.839. The second kappa shape index (κ2) is 7.20. The Morgan fingerprint density at radius 1 is 1.50 bits per heavy atom. The predicted octanol–water partition coefficient (Wildman–Crippen LogP) is 1.06. The van der Waals surface area contributed by atoms with Crippen molar-refractivity contribution < 1.29 is 19.4 Å². The summed E-state index contributed by atoms with van der Waals surface area (Å²) in [6.45, 7) is 5.60. The van der Waals surface area contributed by atoms with Crippen molar-refractivity contribution in [2.75, 3.05) is 19.8 Å². The van der Waals surface area contributed by atoms with Gasteiger partial charge in [0.25, 0.3) is 0 Å². The first kappa shape index (κ1) is 14.8. The Morgan fingerprint density at radius 3 is 2.72 bits per heavy atom. The van der Waals surface area contributed by atoms with E-state index in [-0.39, 0.29) is 24.5 Å². The van der Waals surface area contributed by atoms with Gasteiger partial charge in [-0.1, -0.05) is 0 Å². The molecule has 0 radical (unpaired) electrons. The lowest BCUT2D eigenvalue weighted by atomic mass is 10.2. The molecule has 6 heteroatoms. The van der Waals surface area contributed by atoms with Crippen molar-refractivity contribution in [2.24, 2.45) is 0 Å². The van der Waals surface area contributed by atoms with Crippen LogP contribution in [0.2, 0.25) is 0 Å². The number of carboxylic acid groups (broad SMARTS) is 1. The van der Waals surface area contributed by atoms with Gasteiger partial charge in [-0.2, -0.15) is 0 Å². The Kier molecular flexibility index (Phi) is 5.91. The molecule has 1 atom stereocenters. The number of urea groups is 1. The Labute approximate surface area is 107 Å². The zero-order valence-electron chi connectivity index (χ0n) is 11.0. The average molecular weight is 258 g/mol. The van der Waals surface area contributed by atoms with E-state index in [1.54, 1.807) is 4.90 Å². The van der Waals surface area contributed by atoms with E-state index in [0.717, 1.165) is 6.42 Å². The number of carbonyl (C=O) groups excluding carboxylic acids is 1. The van der Waals surface area contributed by atoms with Gasteiger partial charge in [-0.3, -0.25) is 4.79 Å². The summed E-state index contributed by atoms with van der Waals surface area (Å²) in [7, 11) is 0. The molecule has 1 aliphatic rings. The minimum absolute atomic E-state index is 0.0779. The molecule has 1 rings (SSSR count). The smallest absolute Gasteiger partial charge is 0.317 e. The maximum Gasteiger partial charge on any atom is 0.317 e. The monoisotopic (exact) mass is 258 g/mol. The van der Waals surface area contributed by atoms with E-state index >= 15 is 0 Å². The first-order valence-electron chi connectivity index (χ1n) is 6.38. The molecule has 0 aromatic heterocycles. The summed E-state index contributed by atoms with van der Waals surface area (Å²) in [4.78, 5) is 24.2. The molecule has 6 nitrogen and oxygen atoms in total. The summed E-state index contributed by atoms with van der Waals surface area (Å²) < 4.78 is 5.30. The Balaban J connectivity index is 2.37. The van der Waals surface area contributed by atoms with Crippen molar-refractivity contribution in [1.82, 2.24) is 10.2 Å². The fourth-order valence-electron chi connectivity index (χ4n) is 2.09. The Bertz CT molecular complexity index is 288. The van der Waals surface area contributed by atoms with Gasteiger partial charge in [0.05, 0.1) is 12.6 Å². The maximum absolute atomic E-state index is 12.0. The molecule has 1 saturated heterocycles. The summed E-state index contributed by atoms with van der Waals surface area (Å²) in [6.07, 6.45) is 1.39. The molecule has 0 bridgehead atoms. The predicted molar refractivity (Wildman–Crippen MR) is 66.5 cm³/mol. The molecule has 0 aliphatic carbocycles. The fourth-order valence-corrected chi connectivity index (χ4v) is 2.09. The van der Waals surface area contributed by atoms with Crippen molar-refractivity contribution >= 4 is 12.0 Å². The number of hydrogen-bond acceptors (Lipinski definition) is 3. The topological polar surface area (TPSA) is 78.9 Å². The number of nitrogens with zero attached hydrogens (tertiary/aromatic N) is 1. The molecule has 0 aromatic carbocycles. The van der Waals surface area contributed by atoms with Gasteiger partial charge >= 0.3 is 12.0 Å². The molecule has 18 heavy (non-hydrogen) atoms. The third-order valence-electron chi connectivity index (χ3n) is 2.93. The Hall–Kier alpha value is -1.30. The first-order chi connectivity index (χ1) is 8.52. The first-order valence-corrected chi connectivity index (χ1v) is 6.38. The molecule has 2 amide bonds. The summed E-state index contributed by atoms with van der Waals surface area (Å²) in [5.74, 6) is -0.839. The largest absolute Gasteiger partial charge is 0.481 e. The fraction of sp³-hybridized carbons (Fsp3) is 0.833. The van der Waals surface area contributed by atoms with Crippen LogP contribution in [-0.2, 0) is 9.53 Å². The molecule has 0 aromatic rings. The van der Waals surface area contributed by atoms with Crippen LogP contribution in [-0.4, -0.2) is 53.8 Å². The van der Waals surface area contributed by atoms with E-state index in [4.69, 9.17) is 9.84 Å². The molecule has 0 saturated carbocycles. The third kappa shape index (κ3) is 4.52. The van der Waals surface area contributed by atoms with E-state index in [0.29, 0.717) is 26.2 Å². The maximum atomic E-state index is 12.0. The number of carbonyl (C=O) groups is 2. The second-order valence-electron chi connectivity index (χ2n) is 4.75. The highest BCUT2D eigenvalue weighted by atomic mass is 16.5. The number of amides is 2. The van der Waals surface area contributed by atoms with E-state index in [1.807, 2.05) is 13.8 Å². The highest BCUT2D eigenvalue weighted by Gasteiger charge is 2.29. The molecule has 2 N–H and O–H groups in total. The van der Waals surface area contributed by atoms with Crippen LogP contribution >= 0.6 is 0 Å². The van der Waals surface area contributed by atoms with Crippen molar-refractivity contribution in [3.8, 4) is 0 Å². The van der Waals surface area contributed by atoms with Crippen molar-refractivity contribution in [1.29, 1.82) is 0 Å². The van der Waals surface area contributed by atoms with Gasteiger partial charge in [-0.05, 0) is 26.7 Å². The number of hydrogen-bond donors (Lipinski definition) is 2. The van der Waals surface area contributed by atoms with E-state index in [2.05, 4.69) is 5.32 Å². The van der Waals surface area contributed by atoms with Crippen LogP contribution in [0, 0.1) is 0 Å². The highest BCUT2D eigenvalue weighted by Crippen LogP contribution is 2.15. The zero-order valence-corrected chi connectivity index (χ0v) is 11.0. The van der Waals surface area contributed by atoms with Gasteiger partial charge in [0, 0.05) is 25.6 Å². The summed E-state index contributed by atoms with van der Waals surface area (Å²) in [5.41, 5.74) is 0. The van der Waals surface area contributed by atoms with Gasteiger partial charge in [-0.25, -0.2) is 4.79 Å². The van der Waals surface area contributed by atoms with E-state index in [9.17, 15) is 9.59 Å². The highest BCUT2D eigenvalue weighted by molar-refractivity contribution is 5.75. The number of aliphatic carboxylic acids is 1. The van der Waals surface area contributed by atoms with E-state index < -0.39 is 5.97 Å². The van der Waals surface area contributed by atoms with Gasteiger partial charge in [0.15, 0.2) is 0 Å². The summed E-state index contributed by atoms with van der Waals surface area (Å²) in [5, 5.41) is 11.3. The average Bonchev–Trinajstić information content (AvgIpc) is 2.77. The van der Waals surface area contributed by atoms with Gasteiger partial charge in [-0.15, -0.1) is 0 Å². The van der Waals surface area contributed by atoms with Crippen LogP contribution in [0.4, 0.5) is 4.79 Å². The van der Waals surface area contributed by atoms with E-state index in [1.165, 1.54) is 0 Å². The van der Waals surface area contributed by atoms with Crippen molar-refractivity contribution in [2.45, 2.75) is 45.2 Å². The van der Waals surface area contributed by atoms with Gasteiger partial charge in [0.1, 0.15) is 0 Å². The van der Waals surface area contributed by atoms with Crippen LogP contribution in [0.5, 0.6) is 0 Å². The van der Waals surface area contributed by atoms with Gasteiger partial charge < -0.3 is 20.1 Å². The quantitative estimate of drug-likeness (QED) is 0.698. The third-order valence-corrected chi connectivity index (χ3v) is 2.93. The van der Waals surface area contributed by atoms with Gasteiger partial charge in [0.2, 0.25) is 0 Å². The standard InChI is InChI=1S/C12H22N2O4/c1-9(2)14(10-5-7-18-8-10)12(17)13-6-3-4-11(15)16/h9-10H,3-8H2,1-2H3,(H,13,17)(H,15,16). The summed E-state index contributed by atoms with van der Waals surface area (Å²) >= 11 is 0. The van der Waals surface area contributed by atoms with Crippen LogP contribution in [0.15, 0.2) is 0 Å². The van der Waals surface area contributed by atoms with Crippen LogP contribution in [0.25, 0.3) is 0 Å². The molecular weight excluding hydrogens is 236 g/mol. The van der Waals surface area contributed by atoms with Crippen LogP contribution < -0.4 is 5.32 Å². The lowest BCUT2D eigenvalue weighted by Gasteiger charge is -2.31. The van der Waals surface area contributed by atoms with Crippen molar-refractivity contribution in [3.63, 3.8) is 0 Å². The zero-order chi connectivity index (χ0) is 13.5. The molecule has 0 spiro atoms. The lowest BCUT2D eigenvalue weighted by Crippen LogP contribution is -2.50. The second-order valence-corrected chi connectivity index (χ2v) is 4.75. The molecule has 1 heterocycles. The molecular formula is C12H22N2O4. The number of ether oxygens (including phenoxy) is 1. The normalized spacial score (nSPS) is 18.9. The SMILES string of the molecule is CC(C)N(C(=O)NCCCC(=O)O)C1CCOC1. The summed E-state index contributed by atoms with van der Waals surface area (Å²) in [6, 6.07) is 0.103. The number of carboxylic acids is 1. The lowest BCUT2D eigenvalue weighted by molar-refractivity contribution is -0.137. The molecule has 1 aliphatic heterocycles. The Morgan fingerprint density at radius 2 is 2.22 bits per heavy atom.